The molecule has 0 spiro atoms. The average molecular weight is 340 g/mol. The lowest BCUT2D eigenvalue weighted by Gasteiger charge is -2.05. The van der Waals surface area contributed by atoms with Crippen molar-refractivity contribution in [3.8, 4) is 28.8 Å². The molecule has 1 aromatic heterocycles. The first-order valence-corrected chi connectivity index (χ1v) is 7.33. The van der Waals surface area contributed by atoms with E-state index in [4.69, 9.17) is 5.26 Å². The summed E-state index contributed by atoms with van der Waals surface area (Å²) in [6.07, 6.45) is -3.13. The number of hydrogen-bond donors (Lipinski definition) is 1. The molecule has 0 bridgehead atoms. The molecule has 0 unspecified atom stereocenters. The van der Waals surface area contributed by atoms with Crippen LogP contribution >= 0.6 is 0 Å². The summed E-state index contributed by atoms with van der Waals surface area (Å²) in [6, 6.07) is 14.1. The first-order chi connectivity index (χ1) is 12.0. The number of halogens is 2. The summed E-state index contributed by atoms with van der Waals surface area (Å²) in [7, 11) is 0. The van der Waals surface area contributed by atoms with Gasteiger partial charge in [0.25, 0.3) is 0 Å². The zero-order chi connectivity index (χ0) is 17.4. The Balaban J connectivity index is 1.61. The van der Waals surface area contributed by atoms with Crippen molar-refractivity contribution in [1.82, 2.24) is 15.4 Å². The summed E-state index contributed by atoms with van der Waals surface area (Å²) < 4.78 is 35.0. The smallest absolute Gasteiger partial charge is 0.395 e. The van der Waals surface area contributed by atoms with Gasteiger partial charge < -0.3 is 9.47 Å². The number of rotatable bonds is 3. The number of benzene rings is 2. The van der Waals surface area contributed by atoms with Gasteiger partial charge in [-0.2, -0.15) is 15.6 Å². The van der Waals surface area contributed by atoms with Gasteiger partial charge >= 0.3 is 6.29 Å². The minimum absolute atomic E-state index is 0.0157. The maximum absolute atomic E-state index is 13.1. The van der Waals surface area contributed by atoms with E-state index < -0.39 is 6.29 Å². The minimum Gasteiger partial charge on any atom is -0.395 e. The molecular formula is C17H10F2N4O2. The van der Waals surface area contributed by atoms with Crippen LogP contribution in [0.2, 0.25) is 0 Å². The van der Waals surface area contributed by atoms with Gasteiger partial charge in [-0.1, -0.05) is 24.3 Å². The highest BCUT2D eigenvalue weighted by Crippen LogP contribution is 2.41. The lowest BCUT2D eigenvalue weighted by atomic mass is 10.0. The van der Waals surface area contributed by atoms with Gasteiger partial charge in [-0.15, -0.1) is 13.9 Å². The summed E-state index contributed by atoms with van der Waals surface area (Å²) in [5, 5.41) is 19.2. The summed E-state index contributed by atoms with van der Waals surface area (Å²) >= 11 is 0. The molecule has 2 heterocycles. The van der Waals surface area contributed by atoms with Crippen molar-refractivity contribution in [2.75, 3.05) is 0 Å². The molecule has 4 rings (SSSR count). The van der Waals surface area contributed by atoms with E-state index in [1.54, 1.807) is 6.07 Å². The van der Waals surface area contributed by atoms with Gasteiger partial charge in [-0.25, -0.2) is 0 Å². The van der Waals surface area contributed by atoms with Crippen LogP contribution in [0.4, 0.5) is 8.78 Å². The van der Waals surface area contributed by atoms with E-state index in [2.05, 4.69) is 24.9 Å². The lowest BCUT2D eigenvalue weighted by molar-refractivity contribution is -0.286. The third-order valence-electron chi connectivity index (χ3n) is 3.73. The largest absolute Gasteiger partial charge is 0.586 e. The molecule has 1 aliphatic heterocycles. The van der Waals surface area contributed by atoms with Crippen LogP contribution in [-0.4, -0.2) is 21.7 Å². The van der Waals surface area contributed by atoms with E-state index in [1.165, 1.54) is 12.1 Å². The molecule has 2 aromatic carbocycles. The van der Waals surface area contributed by atoms with Crippen LogP contribution in [0.5, 0.6) is 11.5 Å². The molecule has 0 fully saturated rings. The van der Waals surface area contributed by atoms with Gasteiger partial charge in [0.1, 0.15) is 11.8 Å². The molecule has 0 saturated heterocycles. The average Bonchev–Trinajstić information content (AvgIpc) is 3.17. The summed E-state index contributed by atoms with van der Waals surface area (Å²) in [6.45, 7) is 0. The van der Waals surface area contributed by atoms with Crippen LogP contribution in [0, 0.1) is 11.3 Å². The number of H-pyrrole nitrogens is 1. The lowest BCUT2D eigenvalue weighted by Crippen LogP contribution is -2.25. The summed E-state index contributed by atoms with van der Waals surface area (Å²) in [5.41, 5.74) is 3.14. The van der Waals surface area contributed by atoms with Crippen LogP contribution < -0.4 is 9.47 Å². The van der Waals surface area contributed by atoms with E-state index in [0.717, 1.165) is 16.7 Å². The predicted octanol–water partition coefficient (Wildman–Crippen LogP) is 3.26. The van der Waals surface area contributed by atoms with Crippen molar-refractivity contribution in [1.29, 1.82) is 5.26 Å². The van der Waals surface area contributed by atoms with Crippen LogP contribution in [-0.2, 0) is 6.42 Å². The molecule has 0 saturated carbocycles. The van der Waals surface area contributed by atoms with Crippen molar-refractivity contribution >= 4 is 0 Å². The first kappa shape index (κ1) is 15.1. The minimum atomic E-state index is -3.62. The topological polar surface area (TPSA) is 83.8 Å². The Morgan fingerprint density at radius 2 is 1.84 bits per heavy atom. The van der Waals surface area contributed by atoms with E-state index in [-0.39, 0.29) is 17.2 Å². The number of aromatic amines is 1. The zero-order valence-corrected chi connectivity index (χ0v) is 12.7. The normalized spacial score (nSPS) is 14.3. The fourth-order valence-electron chi connectivity index (χ4n) is 2.68. The third-order valence-corrected chi connectivity index (χ3v) is 3.73. The van der Waals surface area contributed by atoms with Crippen molar-refractivity contribution in [3.05, 3.63) is 59.3 Å². The van der Waals surface area contributed by atoms with Gasteiger partial charge in [0.15, 0.2) is 17.2 Å². The van der Waals surface area contributed by atoms with E-state index in [9.17, 15) is 8.78 Å². The van der Waals surface area contributed by atoms with Crippen molar-refractivity contribution in [2.45, 2.75) is 12.7 Å². The molecule has 0 radical (unpaired) electrons. The number of nitrogens with one attached hydrogen (secondary N) is 1. The van der Waals surface area contributed by atoms with Crippen LogP contribution in [0.1, 0.15) is 16.8 Å². The number of nitriles is 1. The highest BCUT2D eigenvalue weighted by atomic mass is 19.3. The van der Waals surface area contributed by atoms with Gasteiger partial charge in [0.05, 0.1) is 0 Å². The highest BCUT2D eigenvalue weighted by Gasteiger charge is 2.43. The fraction of sp³-hybridized carbons (Fsp3) is 0.118. The Hall–Kier alpha value is -3.47. The standard InChI is InChI=1S/C17H10F2N4O2/c18-17(19)24-14-5-4-11(8-15(14)25-17)6-10-2-1-3-12(7-10)16-13(9-20)21-23-22-16/h1-5,7-8H,6H2,(H,21,22,23). The Labute approximate surface area is 140 Å². The molecular weight excluding hydrogens is 330 g/mol. The third kappa shape index (κ3) is 2.87. The van der Waals surface area contributed by atoms with Crippen molar-refractivity contribution < 1.29 is 18.3 Å². The maximum Gasteiger partial charge on any atom is 0.586 e. The SMILES string of the molecule is N#Cc1n[nH]nc1-c1cccc(Cc2ccc3c(c2)OC(F)(F)O3)c1. The maximum atomic E-state index is 13.1. The van der Waals surface area contributed by atoms with Gasteiger partial charge in [0, 0.05) is 5.56 Å². The molecule has 6 nitrogen and oxygen atoms in total. The second kappa shape index (κ2) is 5.56. The first-order valence-electron chi connectivity index (χ1n) is 7.33. The van der Waals surface area contributed by atoms with E-state index in [0.29, 0.717) is 12.1 Å². The monoisotopic (exact) mass is 340 g/mol. The number of aromatic nitrogens is 3. The number of ether oxygens (including phenoxy) is 2. The van der Waals surface area contributed by atoms with Crippen molar-refractivity contribution in [2.24, 2.45) is 0 Å². The quantitative estimate of drug-likeness (QED) is 0.791. The Kier molecular flexibility index (Phi) is 3.35. The van der Waals surface area contributed by atoms with Crippen LogP contribution in [0.25, 0.3) is 11.3 Å². The van der Waals surface area contributed by atoms with Gasteiger partial charge in [0.2, 0.25) is 0 Å². The summed E-state index contributed by atoms with van der Waals surface area (Å²) in [5.74, 6) is 0.0330. The zero-order valence-electron chi connectivity index (χ0n) is 12.7. The number of alkyl halides is 2. The molecule has 8 heteroatoms. The summed E-state index contributed by atoms with van der Waals surface area (Å²) in [4.78, 5) is 0. The predicted molar refractivity (Wildman–Crippen MR) is 82.0 cm³/mol. The molecule has 1 aliphatic rings. The van der Waals surface area contributed by atoms with Gasteiger partial charge in [-0.3, -0.25) is 0 Å². The highest BCUT2D eigenvalue weighted by molar-refractivity contribution is 5.65. The van der Waals surface area contributed by atoms with Gasteiger partial charge in [-0.05, 0) is 35.7 Å². The number of nitrogens with zero attached hydrogens (tertiary/aromatic N) is 3. The van der Waals surface area contributed by atoms with Crippen molar-refractivity contribution in [3.63, 3.8) is 0 Å². The molecule has 1 N–H and O–H groups in total. The fourth-order valence-corrected chi connectivity index (χ4v) is 2.68. The Bertz CT molecular complexity index is 994. The molecule has 0 atom stereocenters. The van der Waals surface area contributed by atoms with E-state index >= 15 is 0 Å². The molecule has 0 amide bonds. The second-order valence-corrected chi connectivity index (χ2v) is 5.46. The number of fused-ring (bicyclic) bond motifs is 1. The van der Waals surface area contributed by atoms with E-state index in [1.807, 2.05) is 30.3 Å². The second-order valence-electron chi connectivity index (χ2n) is 5.46. The molecule has 124 valence electrons. The number of hydrogen-bond acceptors (Lipinski definition) is 5. The Morgan fingerprint density at radius 3 is 2.68 bits per heavy atom. The van der Waals surface area contributed by atoms with Crippen LogP contribution in [0.15, 0.2) is 42.5 Å². The molecule has 25 heavy (non-hydrogen) atoms. The molecule has 0 aliphatic carbocycles. The Morgan fingerprint density at radius 1 is 1.04 bits per heavy atom. The van der Waals surface area contributed by atoms with Crippen LogP contribution in [0.3, 0.4) is 0 Å². The molecule has 3 aromatic rings.